The van der Waals surface area contributed by atoms with Crippen LogP contribution >= 0.6 is 11.3 Å². The van der Waals surface area contributed by atoms with Gasteiger partial charge in [-0.1, -0.05) is 0 Å². The van der Waals surface area contributed by atoms with Crippen LogP contribution in [0.3, 0.4) is 0 Å². The zero-order chi connectivity index (χ0) is 16.8. The summed E-state index contributed by atoms with van der Waals surface area (Å²) in [5.74, 6) is -0.147. The van der Waals surface area contributed by atoms with Gasteiger partial charge in [0, 0.05) is 5.38 Å². The molecule has 1 heterocycles. The molecule has 23 heavy (non-hydrogen) atoms. The third-order valence-electron chi connectivity index (χ3n) is 2.93. The Hall–Kier alpha value is -2.61. The summed E-state index contributed by atoms with van der Waals surface area (Å²) in [7, 11) is 1.57. The molecule has 1 atom stereocenters. The van der Waals surface area contributed by atoms with Gasteiger partial charge in [-0.2, -0.15) is 0 Å². The molecule has 0 aliphatic carbocycles. The quantitative estimate of drug-likeness (QED) is 0.802. The third-order valence-corrected chi connectivity index (χ3v) is 3.78. The summed E-state index contributed by atoms with van der Waals surface area (Å²) in [5, 5.41) is 13.4. The average Bonchev–Trinajstić information content (AvgIpc) is 3.02. The second-order valence-corrected chi connectivity index (χ2v) is 5.53. The van der Waals surface area contributed by atoms with E-state index in [0.29, 0.717) is 16.5 Å². The zero-order valence-electron chi connectivity index (χ0n) is 12.6. The number of thiazole rings is 1. The third kappa shape index (κ3) is 4.68. The van der Waals surface area contributed by atoms with Crippen molar-refractivity contribution in [2.45, 2.75) is 19.6 Å². The van der Waals surface area contributed by atoms with Crippen molar-refractivity contribution in [3.8, 4) is 11.5 Å². The van der Waals surface area contributed by atoms with Crippen LogP contribution in [0.1, 0.15) is 22.4 Å². The Labute approximate surface area is 136 Å². The minimum absolute atomic E-state index is 0.0261. The first kappa shape index (κ1) is 16.8. The number of nitrogens with zero attached hydrogens (tertiary/aromatic N) is 1. The maximum absolute atomic E-state index is 12.0. The Morgan fingerprint density at radius 3 is 2.52 bits per heavy atom. The molecule has 2 N–H and O–H groups in total. The molecule has 1 unspecified atom stereocenters. The summed E-state index contributed by atoms with van der Waals surface area (Å²) in [6.07, 6.45) is -0.692. The molecule has 1 amide bonds. The fourth-order valence-corrected chi connectivity index (χ4v) is 2.42. The van der Waals surface area contributed by atoms with Crippen molar-refractivity contribution in [3.05, 3.63) is 40.3 Å². The number of hydrogen-bond donors (Lipinski definition) is 2. The topological polar surface area (TPSA) is 97.8 Å². The van der Waals surface area contributed by atoms with Gasteiger partial charge in [0.2, 0.25) is 0 Å². The number of carbonyl (C=O) groups excluding carboxylic acids is 1. The monoisotopic (exact) mass is 336 g/mol. The summed E-state index contributed by atoms with van der Waals surface area (Å²) in [5.41, 5.74) is -0.0261. The number of carboxylic acids is 1. The van der Waals surface area contributed by atoms with Gasteiger partial charge in [-0.25, -0.2) is 9.78 Å². The molecule has 0 radical (unpaired) electrons. The Morgan fingerprint density at radius 2 is 1.96 bits per heavy atom. The highest BCUT2D eigenvalue weighted by molar-refractivity contribution is 7.09. The van der Waals surface area contributed by atoms with Crippen molar-refractivity contribution in [3.63, 3.8) is 0 Å². The number of hydrogen-bond acceptors (Lipinski definition) is 6. The largest absolute Gasteiger partial charge is 0.497 e. The van der Waals surface area contributed by atoms with E-state index in [0.717, 1.165) is 0 Å². The Morgan fingerprint density at radius 1 is 1.30 bits per heavy atom. The number of amides is 1. The maximum Gasteiger partial charge on any atom is 0.355 e. The second-order valence-electron chi connectivity index (χ2n) is 4.59. The predicted octanol–water partition coefficient (Wildman–Crippen LogP) is 1.93. The van der Waals surface area contributed by atoms with Crippen molar-refractivity contribution in [1.29, 1.82) is 0 Å². The summed E-state index contributed by atoms with van der Waals surface area (Å²) in [6.45, 7) is 1.79. The molecular formula is C15H16N2O5S. The van der Waals surface area contributed by atoms with Crippen molar-refractivity contribution >= 4 is 23.2 Å². The van der Waals surface area contributed by atoms with Crippen LogP contribution in [0.25, 0.3) is 0 Å². The van der Waals surface area contributed by atoms with Crippen molar-refractivity contribution in [1.82, 2.24) is 10.3 Å². The van der Waals surface area contributed by atoms with Gasteiger partial charge in [0.25, 0.3) is 5.91 Å². The van der Waals surface area contributed by atoms with E-state index in [1.807, 2.05) is 0 Å². The van der Waals surface area contributed by atoms with Crippen molar-refractivity contribution in [2.24, 2.45) is 0 Å². The molecule has 0 saturated heterocycles. The zero-order valence-corrected chi connectivity index (χ0v) is 13.4. The van der Waals surface area contributed by atoms with Crippen LogP contribution in [0.15, 0.2) is 29.6 Å². The Bertz CT molecular complexity index is 683. The van der Waals surface area contributed by atoms with Crippen molar-refractivity contribution < 1.29 is 24.2 Å². The van der Waals surface area contributed by atoms with Gasteiger partial charge < -0.3 is 19.9 Å². The molecule has 2 rings (SSSR count). The average molecular weight is 336 g/mol. The maximum atomic E-state index is 12.0. The number of aromatic carboxylic acids is 1. The van der Waals surface area contributed by atoms with E-state index >= 15 is 0 Å². The number of benzene rings is 1. The Kier molecular flexibility index (Phi) is 5.53. The predicted molar refractivity (Wildman–Crippen MR) is 84.0 cm³/mol. The van der Waals surface area contributed by atoms with Gasteiger partial charge in [0.05, 0.1) is 13.7 Å². The van der Waals surface area contributed by atoms with E-state index in [-0.39, 0.29) is 18.1 Å². The second kappa shape index (κ2) is 7.59. The highest BCUT2D eigenvalue weighted by Gasteiger charge is 2.15. The van der Waals surface area contributed by atoms with E-state index in [1.54, 1.807) is 38.3 Å². The van der Waals surface area contributed by atoms with E-state index in [2.05, 4.69) is 10.3 Å². The van der Waals surface area contributed by atoms with Gasteiger partial charge in [-0.05, 0) is 31.2 Å². The summed E-state index contributed by atoms with van der Waals surface area (Å²) < 4.78 is 10.6. The van der Waals surface area contributed by atoms with Crippen LogP contribution in [0, 0.1) is 0 Å². The minimum Gasteiger partial charge on any atom is -0.497 e. The SMILES string of the molecule is COc1ccc(OC(C)C(=O)NCc2nc(C(=O)O)cs2)cc1. The summed E-state index contributed by atoms with van der Waals surface area (Å²) in [6, 6.07) is 6.90. The molecule has 0 saturated carbocycles. The number of carboxylic acid groups (broad SMARTS) is 1. The van der Waals surface area contributed by atoms with Gasteiger partial charge in [0.15, 0.2) is 11.8 Å². The summed E-state index contributed by atoms with van der Waals surface area (Å²) in [4.78, 5) is 26.6. The molecule has 7 nitrogen and oxygen atoms in total. The first-order valence-electron chi connectivity index (χ1n) is 6.75. The molecule has 0 spiro atoms. The van der Waals surface area contributed by atoms with Gasteiger partial charge >= 0.3 is 5.97 Å². The van der Waals surface area contributed by atoms with Crippen LogP contribution in [0.4, 0.5) is 0 Å². The number of nitrogens with one attached hydrogen (secondary N) is 1. The van der Waals surface area contributed by atoms with Crippen LogP contribution < -0.4 is 14.8 Å². The molecule has 0 aliphatic rings. The van der Waals surface area contributed by atoms with E-state index in [1.165, 1.54) is 16.7 Å². The molecule has 8 heteroatoms. The molecular weight excluding hydrogens is 320 g/mol. The molecule has 0 aliphatic heterocycles. The summed E-state index contributed by atoms with van der Waals surface area (Å²) >= 11 is 1.18. The lowest BCUT2D eigenvalue weighted by atomic mass is 10.3. The fourth-order valence-electron chi connectivity index (χ4n) is 1.71. The minimum atomic E-state index is -1.09. The highest BCUT2D eigenvalue weighted by Crippen LogP contribution is 2.18. The first-order valence-corrected chi connectivity index (χ1v) is 7.63. The molecule has 1 aromatic heterocycles. The van der Waals surface area contributed by atoms with Crippen LogP contribution in [-0.4, -0.2) is 35.2 Å². The molecule has 0 bridgehead atoms. The van der Waals surface area contributed by atoms with Crippen molar-refractivity contribution in [2.75, 3.05) is 7.11 Å². The van der Waals surface area contributed by atoms with Gasteiger partial charge in [0.1, 0.15) is 16.5 Å². The van der Waals surface area contributed by atoms with Crippen LogP contribution in [0.5, 0.6) is 11.5 Å². The van der Waals surface area contributed by atoms with Crippen LogP contribution in [0.2, 0.25) is 0 Å². The lowest BCUT2D eigenvalue weighted by molar-refractivity contribution is -0.127. The lowest BCUT2D eigenvalue weighted by Crippen LogP contribution is -2.35. The smallest absolute Gasteiger partial charge is 0.355 e. The number of aromatic nitrogens is 1. The van der Waals surface area contributed by atoms with E-state index in [4.69, 9.17) is 14.6 Å². The number of ether oxygens (including phenoxy) is 2. The van der Waals surface area contributed by atoms with Gasteiger partial charge in [-0.15, -0.1) is 11.3 Å². The Balaban J connectivity index is 1.85. The first-order chi connectivity index (χ1) is 11.0. The number of carbonyl (C=O) groups is 2. The number of methoxy groups -OCH3 is 1. The molecule has 0 fully saturated rings. The standard InChI is InChI=1S/C15H16N2O5S/c1-9(22-11-5-3-10(21-2)4-6-11)14(18)16-7-13-17-12(8-23-13)15(19)20/h3-6,8-9H,7H2,1-2H3,(H,16,18)(H,19,20). The van der Waals surface area contributed by atoms with E-state index in [9.17, 15) is 9.59 Å². The fraction of sp³-hybridized carbons (Fsp3) is 0.267. The van der Waals surface area contributed by atoms with E-state index < -0.39 is 12.1 Å². The highest BCUT2D eigenvalue weighted by atomic mass is 32.1. The molecule has 122 valence electrons. The van der Waals surface area contributed by atoms with Gasteiger partial charge in [-0.3, -0.25) is 4.79 Å². The molecule has 1 aromatic carbocycles. The van der Waals surface area contributed by atoms with Crippen LogP contribution in [-0.2, 0) is 11.3 Å². The normalized spacial score (nSPS) is 11.6. The molecule has 2 aromatic rings. The number of rotatable bonds is 7. The lowest BCUT2D eigenvalue weighted by Gasteiger charge is -2.14.